The fourth-order valence-electron chi connectivity index (χ4n) is 1.71. The fourth-order valence-corrected chi connectivity index (χ4v) is 5.02. The number of aryl methyl sites for hydroxylation is 1. The van der Waals surface area contributed by atoms with E-state index in [1.54, 1.807) is 19.1 Å². The Balaban J connectivity index is 3.28. The van der Waals surface area contributed by atoms with Gasteiger partial charge in [0.05, 0.1) is 0 Å². The molecule has 0 spiro atoms. The predicted molar refractivity (Wildman–Crippen MR) is 78.6 cm³/mol. The van der Waals surface area contributed by atoms with Crippen LogP contribution in [-0.4, -0.2) is 32.4 Å². The average Bonchev–Trinajstić information content (AvgIpc) is 2.42. The Morgan fingerprint density at radius 1 is 0.880 bits per heavy atom. The molecule has 0 N–H and O–H groups in total. The van der Waals surface area contributed by atoms with Crippen molar-refractivity contribution in [3.05, 3.63) is 41.5 Å². The van der Waals surface area contributed by atoms with Gasteiger partial charge in [0.2, 0.25) is 0 Å². The maximum absolute atomic E-state index is 12.6. The summed E-state index contributed by atoms with van der Waals surface area (Å²) >= 11 is 0. The van der Waals surface area contributed by atoms with Gasteiger partial charge in [-0.1, -0.05) is 42.0 Å². The van der Waals surface area contributed by atoms with E-state index in [0.29, 0.717) is 11.6 Å². The average molecular weight is 410 g/mol. The molecule has 0 atom stereocenters. The normalized spacial score (nSPS) is 14.4. The molecule has 0 aliphatic rings. The summed E-state index contributed by atoms with van der Waals surface area (Å²) in [5, 5.41) is 0. The Hall–Kier alpha value is -1.56. The molecular weight excluding hydrogens is 398 g/mol. The molecule has 0 unspecified atom stereocenters. The van der Waals surface area contributed by atoms with Crippen LogP contribution in [0.3, 0.4) is 0 Å². The summed E-state index contributed by atoms with van der Waals surface area (Å²) in [5.74, 6) is 0. The van der Waals surface area contributed by atoms with Crippen LogP contribution in [0.4, 0.5) is 26.3 Å². The molecule has 25 heavy (non-hydrogen) atoms. The summed E-state index contributed by atoms with van der Waals surface area (Å²) in [4.78, 5) is 0. The molecule has 0 aliphatic carbocycles. The van der Waals surface area contributed by atoms with Crippen LogP contribution in [0.15, 0.2) is 30.3 Å². The van der Waals surface area contributed by atoms with Crippen LogP contribution in [0.1, 0.15) is 17.5 Å². The van der Waals surface area contributed by atoms with Gasteiger partial charge in [-0.2, -0.15) is 26.3 Å². The molecule has 12 heteroatoms. The van der Waals surface area contributed by atoms with Crippen LogP contribution >= 0.6 is 0 Å². The second kappa shape index (κ2) is 6.98. The van der Waals surface area contributed by atoms with Gasteiger partial charge >= 0.3 is 11.0 Å². The highest BCUT2D eigenvalue weighted by Gasteiger charge is 2.62. The summed E-state index contributed by atoms with van der Waals surface area (Å²) in [6, 6.07) is 6.13. The Morgan fingerprint density at radius 3 is 1.64 bits per heavy atom. The van der Waals surface area contributed by atoms with Crippen LogP contribution in [0.25, 0.3) is 6.08 Å². The first-order valence-electron chi connectivity index (χ1n) is 6.44. The van der Waals surface area contributed by atoms with Crippen molar-refractivity contribution < 1.29 is 43.2 Å². The van der Waals surface area contributed by atoms with Gasteiger partial charge in [0.15, 0.2) is 4.58 Å². The summed E-state index contributed by atoms with van der Waals surface area (Å²) < 4.78 is 117. The standard InChI is InChI=1S/C13H12F6O4S2/c1-9-5-7-10(8-6-9)3-2-4-11(24(20,21)12(14,15)16)25(22,23)13(17,18)19/h2-3,5-8,11H,4H2,1H3/b3-2+. The van der Waals surface area contributed by atoms with Crippen LogP contribution in [0.5, 0.6) is 0 Å². The Kier molecular flexibility index (Phi) is 6.00. The number of halogens is 6. The van der Waals surface area contributed by atoms with Crippen molar-refractivity contribution in [1.29, 1.82) is 0 Å². The zero-order valence-corrected chi connectivity index (χ0v) is 14.1. The van der Waals surface area contributed by atoms with Gasteiger partial charge in [-0.05, 0) is 18.9 Å². The summed E-state index contributed by atoms with van der Waals surface area (Å²) in [6.07, 6.45) is 0.170. The van der Waals surface area contributed by atoms with E-state index < -0.39 is 41.7 Å². The zero-order chi connectivity index (χ0) is 19.7. The van der Waals surface area contributed by atoms with Crippen molar-refractivity contribution in [2.24, 2.45) is 0 Å². The van der Waals surface area contributed by atoms with Crippen molar-refractivity contribution in [2.45, 2.75) is 28.9 Å². The molecule has 1 rings (SSSR count). The van der Waals surface area contributed by atoms with Gasteiger partial charge in [-0.15, -0.1) is 0 Å². The van der Waals surface area contributed by atoms with Crippen LogP contribution in [0.2, 0.25) is 0 Å². The molecule has 0 heterocycles. The number of hydrogen-bond donors (Lipinski definition) is 0. The van der Waals surface area contributed by atoms with E-state index in [-0.39, 0.29) is 0 Å². The fraction of sp³-hybridized carbons (Fsp3) is 0.385. The van der Waals surface area contributed by atoms with Crippen molar-refractivity contribution >= 4 is 25.8 Å². The van der Waals surface area contributed by atoms with Crippen molar-refractivity contribution in [2.75, 3.05) is 0 Å². The Labute approximate surface area is 140 Å². The van der Waals surface area contributed by atoms with Gasteiger partial charge in [0, 0.05) is 0 Å². The van der Waals surface area contributed by atoms with Gasteiger partial charge < -0.3 is 0 Å². The van der Waals surface area contributed by atoms with Gasteiger partial charge in [-0.25, -0.2) is 16.8 Å². The highest BCUT2D eigenvalue weighted by Crippen LogP contribution is 2.37. The van der Waals surface area contributed by atoms with Crippen molar-refractivity contribution in [1.82, 2.24) is 0 Å². The first-order chi connectivity index (χ1) is 11.1. The van der Waals surface area contributed by atoms with Gasteiger partial charge in [-0.3, -0.25) is 0 Å². The Bertz CT molecular complexity index is 790. The highest BCUT2D eigenvalue weighted by molar-refractivity contribution is 8.09. The van der Waals surface area contributed by atoms with E-state index in [1.807, 2.05) is 0 Å². The lowest BCUT2D eigenvalue weighted by Crippen LogP contribution is -2.44. The molecule has 0 radical (unpaired) electrons. The third-order valence-corrected chi connectivity index (χ3v) is 7.63. The molecule has 1 aromatic rings. The Morgan fingerprint density at radius 2 is 1.28 bits per heavy atom. The second-order valence-corrected chi connectivity index (χ2v) is 9.50. The third kappa shape index (κ3) is 4.75. The maximum Gasteiger partial charge on any atom is 0.498 e. The number of rotatable bonds is 5. The number of allylic oxidation sites excluding steroid dienone is 1. The summed E-state index contributed by atoms with van der Waals surface area (Å²) in [6.45, 7) is 1.73. The minimum Gasteiger partial charge on any atom is -0.218 e. The topological polar surface area (TPSA) is 68.3 Å². The van der Waals surface area contributed by atoms with E-state index in [9.17, 15) is 43.2 Å². The number of sulfone groups is 2. The number of alkyl halides is 6. The second-order valence-electron chi connectivity index (χ2n) is 4.96. The SMILES string of the molecule is Cc1ccc(/C=C/CC(S(=O)(=O)C(F)(F)F)S(=O)(=O)C(F)(F)F)cc1. The van der Waals surface area contributed by atoms with Crippen molar-refractivity contribution in [3.8, 4) is 0 Å². The largest absolute Gasteiger partial charge is 0.498 e. The van der Waals surface area contributed by atoms with Crippen LogP contribution in [-0.2, 0) is 19.7 Å². The molecule has 0 amide bonds. The first-order valence-corrected chi connectivity index (χ1v) is 9.53. The van der Waals surface area contributed by atoms with E-state index >= 15 is 0 Å². The van der Waals surface area contributed by atoms with Gasteiger partial charge in [0.1, 0.15) is 0 Å². The molecule has 1 aromatic carbocycles. The number of benzene rings is 1. The lowest BCUT2D eigenvalue weighted by molar-refractivity contribution is -0.0471. The van der Waals surface area contributed by atoms with E-state index in [1.165, 1.54) is 12.1 Å². The molecule has 0 aromatic heterocycles. The molecular formula is C13H12F6O4S2. The molecule has 0 saturated heterocycles. The minimum atomic E-state index is -6.60. The maximum atomic E-state index is 12.6. The van der Waals surface area contributed by atoms with Gasteiger partial charge in [0.25, 0.3) is 19.7 Å². The first kappa shape index (κ1) is 21.5. The molecule has 0 saturated carbocycles. The molecule has 4 nitrogen and oxygen atoms in total. The lowest BCUT2D eigenvalue weighted by Gasteiger charge is -2.19. The minimum absolute atomic E-state index is 0.346. The molecule has 0 bridgehead atoms. The van der Waals surface area contributed by atoms with E-state index in [0.717, 1.165) is 11.6 Å². The van der Waals surface area contributed by atoms with E-state index in [4.69, 9.17) is 0 Å². The third-order valence-electron chi connectivity index (χ3n) is 3.05. The molecule has 0 fully saturated rings. The summed E-state index contributed by atoms with van der Waals surface area (Å²) in [5.41, 5.74) is -11.1. The predicted octanol–water partition coefficient (Wildman–Crippen LogP) is 3.59. The van der Waals surface area contributed by atoms with Crippen LogP contribution < -0.4 is 0 Å². The molecule has 142 valence electrons. The monoisotopic (exact) mass is 410 g/mol. The quantitative estimate of drug-likeness (QED) is 0.696. The van der Waals surface area contributed by atoms with Crippen molar-refractivity contribution in [3.63, 3.8) is 0 Å². The van der Waals surface area contributed by atoms with Crippen LogP contribution in [0, 0.1) is 6.92 Å². The zero-order valence-electron chi connectivity index (χ0n) is 12.5. The van der Waals surface area contributed by atoms with E-state index in [2.05, 4.69) is 0 Å². The summed E-state index contributed by atoms with van der Waals surface area (Å²) in [7, 11) is -13.2. The smallest absolute Gasteiger partial charge is 0.218 e. The number of hydrogen-bond acceptors (Lipinski definition) is 4. The highest BCUT2D eigenvalue weighted by atomic mass is 32.3. The molecule has 0 aliphatic heterocycles. The lowest BCUT2D eigenvalue weighted by atomic mass is 10.1.